The second-order valence-electron chi connectivity index (χ2n) is 4.71. The van der Waals surface area contributed by atoms with Gasteiger partial charge in [-0.1, -0.05) is 17.7 Å². The summed E-state index contributed by atoms with van der Waals surface area (Å²) in [7, 11) is 0. The summed E-state index contributed by atoms with van der Waals surface area (Å²) in [5.74, 6) is 2.36. The number of anilines is 3. The van der Waals surface area contributed by atoms with Gasteiger partial charge in [-0.2, -0.15) is 0 Å². The summed E-state index contributed by atoms with van der Waals surface area (Å²) < 4.78 is 5.27. The third-order valence-corrected chi connectivity index (χ3v) is 3.01. The predicted molar refractivity (Wildman–Crippen MR) is 82.5 cm³/mol. The molecular weight excluding hydrogens is 264 g/mol. The van der Waals surface area contributed by atoms with Crippen molar-refractivity contribution in [1.29, 1.82) is 0 Å². The molecule has 0 saturated heterocycles. The van der Waals surface area contributed by atoms with Crippen LogP contribution in [0.2, 0.25) is 0 Å². The third-order valence-electron chi connectivity index (χ3n) is 3.01. The number of hydrogen-bond donors (Lipinski definition) is 2. The van der Waals surface area contributed by atoms with Crippen LogP contribution < -0.4 is 10.6 Å². The zero-order chi connectivity index (χ0) is 14.5. The molecule has 0 radical (unpaired) electrons. The molecule has 0 unspecified atom stereocenters. The van der Waals surface area contributed by atoms with Crippen LogP contribution in [-0.2, 0) is 6.54 Å². The smallest absolute Gasteiger partial charge is 0.135 e. The number of furan rings is 1. The van der Waals surface area contributed by atoms with Gasteiger partial charge in [-0.15, -0.1) is 0 Å². The van der Waals surface area contributed by atoms with E-state index in [0.29, 0.717) is 6.54 Å². The molecule has 2 heterocycles. The van der Waals surface area contributed by atoms with E-state index in [1.54, 1.807) is 6.26 Å². The minimum Gasteiger partial charge on any atom is -0.467 e. The molecule has 3 aromatic rings. The van der Waals surface area contributed by atoms with E-state index in [2.05, 4.69) is 39.7 Å². The van der Waals surface area contributed by atoms with Crippen molar-refractivity contribution >= 4 is 17.3 Å². The molecule has 2 aromatic heterocycles. The highest BCUT2D eigenvalue weighted by Gasteiger charge is 2.01. The Bertz CT molecular complexity index is 693. The molecular formula is C16H16N4O. The molecule has 1 aromatic carbocycles. The van der Waals surface area contributed by atoms with Crippen LogP contribution in [0.15, 0.2) is 59.5 Å². The summed E-state index contributed by atoms with van der Waals surface area (Å²) in [5.41, 5.74) is 2.22. The van der Waals surface area contributed by atoms with Gasteiger partial charge in [-0.3, -0.25) is 0 Å². The van der Waals surface area contributed by atoms with Crippen LogP contribution in [0.3, 0.4) is 0 Å². The van der Waals surface area contributed by atoms with E-state index < -0.39 is 0 Å². The van der Waals surface area contributed by atoms with Crippen molar-refractivity contribution in [2.45, 2.75) is 13.5 Å². The number of hydrogen-bond acceptors (Lipinski definition) is 5. The second-order valence-corrected chi connectivity index (χ2v) is 4.71. The predicted octanol–water partition coefficient (Wildman–Crippen LogP) is 3.73. The molecule has 0 atom stereocenters. The van der Waals surface area contributed by atoms with Crippen LogP contribution in [-0.4, -0.2) is 9.97 Å². The van der Waals surface area contributed by atoms with Crippen molar-refractivity contribution in [3.8, 4) is 0 Å². The fourth-order valence-electron chi connectivity index (χ4n) is 1.90. The van der Waals surface area contributed by atoms with Gasteiger partial charge in [0.15, 0.2) is 0 Å². The first-order valence-electron chi connectivity index (χ1n) is 6.71. The lowest BCUT2D eigenvalue weighted by Crippen LogP contribution is -2.02. The molecule has 0 spiro atoms. The van der Waals surface area contributed by atoms with Crippen molar-refractivity contribution in [3.05, 3.63) is 66.4 Å². The zero-order valence-electron chi connectivity index (χ0n) is 11.7. The van der Waals surface area contributed by atoms with Crippen LogP contribution in [0.1, 0.15) is 11.3 Å². The number of nitrogens with zero attached hydrogens (tertiary/aromatic N) is 2. The summed E-state index contributed by atoms with van der Waals surface area (Å²) in [5, 5.41) is 6.45. The normalized spacial score (nSPS) is 10.3. The maximum atomic E-state index is 5.27. The van der Waals surface area contributed by atoms with Crippen molar-refractivity contribution in [1.82, 2.24) is 9.97 Å². The first-order valence-corrected chi connectivity index (χ1v) is 6.71. The van der Waals surface area contributed by atoms with E-state index in [4.69, 9.17) is 4.42 Å². The standard InChI is InChI=1S/C16H16N4O/c1-12-4-6-13(7-5-12)20-16-9-15(18-11-19-16)17-10-14-3-2-8-21-14/h2-9,11H,10H2,1H3,(H2,17,18,19,20). The topological polar surface area (TPSA) is 63.0 Å². The lowest BCUT2D eigenvalue weighted by molar-refractivity contribution is 0.518. The van der Waals surface area contributed by atoms with Gasteiger partial charge in [0.1, 0.15) is 23.7 Å². The Morgan fingerprint density at radius 1 is 1.05 bits per heavy atom. The maximum Gasteiger partial charge on any atom is 0.135 e. The Morgan fingerprint density at radius 3 is 2.62 bits per heavy atom. The van der Waals surface area contributed by atoms with E-state index >= 15 is 0 Å². The Balaban J connectivity index is 1.66. The Kier molecular flexibility index (Phi) is 3.82. The molecule has 0 fully saturated rings. The summed E-state index contributed by atoms with van der Waals surface area (Å²) in [4.78, 5) is 8.41. The molecule has 0 amide bonds. The van der Waals surface area contributed by atoms with Crippen LogP contribution in [0.25, 0.3) is 0 Å². The molecule has 2 N–H and O–H groups in total. The van der Waals surface area contributed by atoms with Gasteiger partial charge in [0.25, 0.3) is 0 Å². The maximum absolute atomic E-state index is 5.27. The van der Waals surface area contributed by atoms with Gasteiger partial charge in [0, 0.05) is 11.8 Å². The fourth-order valence-corrected chi connectivity index (χ4v) is 1.90. The zero-order valence-corrected chi connectivity index (χ0v) is 11.7. The van der Waals surface area contributed by atoms with Crippen molar-refractivity contribution < 1.29 is 4.42 Å². The van der Waals surface area contributed by atoms with Gasteiger partial charge >= 0.3 is 0 Å². The minimum absolute atomic E-state index is 0.591. The highest BCUT2D eigenvalue weighted by molar-refractivity contribution is 5.58. The molecule has 5 heteroatoms. The molecule has 106 valence electrons. The molecule has 0 aliphatic rings. The van der Waals surface area contributed by atoms with Gasteiger partial charge in [-0.25, -0.2) is 9.97 Å². The van der Waals surface area contributed by atoms with Crippen molar-refractivity contribution in [3.63, 3.8) is 0 Å². The molecule has 5 nitrogen and oxygen atoms in total. The Labute approximate surface area is 123 Å². The first-order chi connectivity index (χ1) is 10.3. The van der Waals surface area contributed by atoms with E-state index in [0.717, 1.165) is 23.1 Å². The van der Waals surface area contributed by atoms with E-state index in [-0.39, 0.29) is 0 Å². The summed E-state index contributed by atoms with van der Waals surface area (Å²) in [6, 6.07) is 13.8. The van der Waals surface area contributed by atoms with Crippen LogP contribution in [0.4, 0.5) is 17.3 Å². The van der Waals surface area contributed by atoms with Gasteiger partial charge in [0.05, 0.1) is 12.8 Å². The number of benzene rings is 1. The van der Waals surface area contributed by atoms with Crippen LogP contribution in [0.5, 0.6) is 0 Å². The largest absolute Gasteiger partial charge is 0.467 e. The SMILES string of the molecule is Cc1ccc(Nc2cc(NCc3ccco3)ncn2)cc1. The highest BCUT2D eigenvalue weighted by Crippen LogP contribution is 2.17. The van der Waals surface area contributed by atoms with E-state index in [1.807, 2.05) is 30.3 Å². The molecule has 0 bridgehead atoms. The van der Waals surface area contributed by atoms with Gasteiger partial charge in [0.2, 0.25) is 0 Å². The Morgan fingerprint density at radius 2 is 1.86 bits per heavy atom. The summed E-state index contributed by atoms with van der Waals surface area (Å²) in [6.07, 6.45) is 3.18. The molecule has 21 heavy (non-hydrogen) atoms. The van der Waals surface area contributed by atoms with Crippen molar-refractivity contribution in [2.24, 2.45) is 0 Å². The van der Waals surface area contributed by atoms with Crippen LogP contribution in [0, 0.1) is 6.92 Å². The average molecular weight is 280 g/mol. The monoisotopic (exact) mass is 280 g/mol. The number of nitrogens with one attached hydrogen (secondary N) is 2. The highest BCUT2D eigenvalue weighted by atomic mass is 16.3. The lowest BCUT2D eigenvalue weighted by Gasteiger charge is -2.08. The minimum atomic E-state index is 0.591. The average Bonchev–Trinajstić information content (AvgIpc) is 3.01. The Hall–Kier alpha value is -2.82. The molecule has 0 aliphatic carbocycles. The molecule has 0 aliphatic heterocycles. The second kappa shape index (κ2) is 6.09. The number of aromatic nitrogens is 2. The summed E-state index contributed by atoms with van der Waals surface area (Å²) in [6.45, 7) is 2.65. The molecule has 3 rings (SSSR count). The van der Waals surface area contributed by atoms with Crippen molar-refractivity contribution in [2.75, 3.05) is 10.6 Å². The lowest BCUT2D eigenvalue weighted by atomic mass is 10.2. The quantitative estimate of drug-likeness (QED) is 0.745. The fraction of sp³-hybridized carbons (Fsp3) is 0.125. The summed E-state index contributed by atoms with van der Waals surface area (Å²) >= 11 is 0. The van der Waals surface area contributed by atoms with Crippen LogP contribution >= 0.6 is 0 Å². The first kappa shape index (κ1) is 13.2. The van der Waals surface area contributed by atoms with E-state index in [1.165, 1.54) is 11.9 Å². The number of aryl methyl sites for hydroxylation is 1. The number of rotatable bonds is 5. The van der Waals surface area contributed by atoms with Gasteiger partial charge in [-0.05, 0) is 31.2 Å². The van der Waals surface area contributed by atoms with E-state index in [9.17, 15) is 0 Å². The van der Waals surface area contributed by atoms with Gasteiger partial charge < -0.3 is 15.1 Å². The third kappa shape index (κ3) is 3.60. The molecule has 0 saturated carbocycles.